The number of nitrogens with one attached hydrogen (secondary N) is 1. The van der Waals surface area contributed by atoms with Crippen LogP contribution in [-0.2, 0) is 4.74 Å². The van der Waals surface area contributed by atoms with E-state index in [1.165, 1.54) is 7.11 Å². The quantitative estimate of drug-likeness (QED) is 0.790. The molecule has 0 radical (unpaired) electrons. The topological polar surface area (TPSA) is 73.6 Å². The van der Waals surface area contributed by atoms with E-state index >= 15 is 0 Å². The molecule has 0 saturated carbocycles. The van der Waals surface area contributed by atoms with E-state index in [1.54, 1.807) is 18.2 Å². The van der Waals surface area contributed by atoms with E-state index in [-0.39, 0.29) is 0 Å². The number of hydrogen-bond acceptors (Lipinski definition) is 4. The van der Waals surface area contributed by atoms with E-state index in [0.717, 1.165) is 0 Å². The number of anilines is 2. The molecule has 0 aliphatic carbocycles. The average Bonchev–Trinajstić information content (AvgIpc) is 2.26. The van der Waals surface area contributed by atoms with Crippen molar-refractivity contribution in [3.05, 3.63) is 18.2 Å². The summed E-state index contributed by atoms with van der Waals surface area (Å²) in [5.74, 6) is 0.882. The third-order valence-electron chi connectivity index (χ3n) is 2.02. The molecule has 1 amide bonds. The number of methoxy groups -OCH3 is 1. The minimum atomic E-state index is -0.483. The number of ether oxygens (including phenoxy) is 2. The molecule has 0 unspecified atom stereocenters. The summed E-state index contributed by atoms with van der Waals surface area (Å²) in [6, 6.07) is 5.01. The number of hydrogen-bond donors (Lipinski definition) is 2. The van der Waals surface area contributed by atoms with Gasteiger partial charge < -0.3 is 15.2 Å². The second-order valence-electron chi connectivity index (χ2n) is 4.07. The number of rotatable bonds is 4. The van der Waals surface area contributed by atoms with Gasteiger partial charge in [-0.25, -0.2) is 4.79 Å². The molecule has 0 heterocycles. The Morgan fingerprint density at radius 1 is 1.47 bits per heavy atom. The van der Waals surface area contributed by atoms with Gasteiger partial charge >= 0.3 is 6.09 Å². The van der Waals surface area contributed by atoms with E-state index in [1.807, 2.05) is 13.8 Å². The van der Waals surface area contributed by atoms with Crippen LogP contribution >= 0.6 is 0 Å². The first-order chi connectivity index (χ1) is 8.02. The van der Waals surface area contributed by atoms with Gasteiger partial charge in [0.05, 0.1) is 19.4 Å². The van der Waals surface area contributed by atoms with E-state index < -0.39 is 6.09 Å². The van der Waals surface area contributed by atoms with Crippen LogP contribution in [0.4, 0.5) is 16.2 Å². The van der Waals surface area contributed by atoms with E-state index in [4.69, 9.17) is 15.2 Å². The summed E-state index contributed by atoms with van der Waals surface area (Å²) in [7, 11) is 1.54. The molecular formula is C12H18N2O3. The molecule has 0 aliphatic rings. The summed E-state index contributed by atoms with van der Waals surface area (Å²) in [5.41, 5.74) is 6.76. The van der Waals surface area contributed by atoms with Crippen LogP contribution in [0.3, 0.4) is 0 Å². The molecule has 0 atom stereocenters. The molecule has 94 valence electrons. The maximum atomic E-state index is 11.4. The van der Waals surface area contributed by atoms with Gasteiger partial charge in [-0.05, 0) is 24.1 Å². The Morgan fingerprint density at radius 3 is 2.71 bits per heavy atom. The smallest absolute Gasteiger partial charge is 0.411 e. The van der Waals surface area contributed by atoms with Crippen molar-refractivity contribution in [2.75, 3.05) is 24.8 Å². The molecule has 0 saturated heterocycles. The van der Waals surface area contributed by atoms with Gasteiger partial charge in [-0.2, -0.15) is 0 Å². The van der Waals surface area contributed by atoms with E-state index in [9.17, 15) is 4.79 Å². The second kappa shape index (κ2) is 5.98. The zero-order chi connectivity index (χ0) is 12.8. The fourth-order valence-corrected chi connectivity index (χ4v) is 1.21. The van der Waals surface area contributed by atoms with Gasteiger partial charge in [-0.1, -0.05) is 13.8 Å². The summed E-state index contributed by atoms with van der Waals surface area (Å²) < 4.78 is 10.00. The fourth-order valence-electron chi connectivity index (χ4n) is 1.21. The van der Waals surface area contributed by atoms with Gasteiger partial charge in [0, 0.05) is 5.69 Å². The van der Waals surface area contributed by atoms with Crippen molar-refractivity contribution in [3.63, 3.8) is 0 Å². The van der Waals surface area contributed by atoms with Gasteiger partial charge in [0.15, 0.2) is 0 Å². The van der Waals surface area contributed by atoms with E-state index in [2.05, 4.69) is 5.32 Å². The number of benzene rings is 1. The maximum absolute atomic E-state index is 11.4. The third kappa shape index (κ3) is 4.22. The Hall–Kier alpha value is -1.91. The number of nitrogen functional groups attached to an aromatic ring is 1. The van der Waals surface area contributed by atoms with Crippen molar-refractivity contribution in [1.82, 2.24) is 0 Å². The summed E-state index contributed by atoms with van der Waals surface area (Å²) in [5, 5.41) is 2.59. The number of carbonyl (C=O) groups is 1. The number of carbonyl (C=O) groups excluding carboxylic acids is 1. The summed E-state index contributed by atoms with van der Waals surface area (Å²) in [6.45, 7) is 4.33. The third-order valence-corrected chi connectivity index (χ3v) is 2.02. The Kier molecular flexibility index (Phi) is 4.63. The largest absolute Gasteiger partial charge is 0.495 e. The lowest BCUT2D eigenvalue weighted by atomic mass is 10.2. The van der Waals surface area contributed by atoms with Crippen LogP contribution < -0.4 is 15.8 Å². The Morgan fingerprint density at radius 2 is 2.18 bits per heavy atom. The molecular weight excluding hydrogens is 220 g/mol. The first-order valence-corrected chi connectivity index (χ1v) is 5.40. The normalized spacial score (nSPS) is 10.1. The van der Waals surface area contributed by atoms with Crippen LogP contribution in [0, 0.1) is 5.92 Å². The first kappa shape index (κ1) is 13.2. The number of nitrogens with two attached hydrogens (primary N) is 1. The number of amides is 1. The summed E-state index contributed by atoms with van der Waals surface area (Å²) in [4.78, 5) is 11.4. The lowest BCUT2D eigenvalue weighted by Gasteiger charge is -2.10. The molecule has 17 heavy (non-hydrogen) atoms. The van der Waals surface area contributed by atoms with Crippen LogP contribution in [0.15, 0.2) is 18.2 Å². The predicted octanol–water partition coefficient (Wildman–Crippen LogP) is 2.48. The van der Waals surface area contributed by atoms with Crippen molar-refractivity contribution in [2.24, 2.45) is 5.92 Å². The fraction of sp³-hybridized carbons (Fsp3) is 0.417. The zero-order valence-corrected chi connectivity index (χ0v) is 10.3. The molecule has 1 rings (SSSR count). The highest BCUT2D eigenvalue weighted by Crippen LogP contribution is 2.24. The van der Waals surface area contributed by atoms with Crippen molar-refractivity contribution >= 4 is 17.5 Å². The monoisotopic (exact) mass is 238 g/mol. The predicted molar refractivity (Wildman–Crippen MR) is 67.2 cm³/mol. The standard InChI is InChI=1S/C12H18N2O3/c1-8(2)7-17-12(15)14-9-4-5-11(16-3)10(13)6-9/h4-6,8H,7,13H2,1-3H3,(H,14,15). The molecule has 5 heteroatoms. The molecule has 0 aromatic heterocycles. The highest BCUT2D eigenvalue weighted by atomic mass is 16.5. The van der Waals surface area contributed by atoms with Gasteiger partial charge in [-0.15, -0.1) is 0 Å². The average molecular weight is 238 g/mol. The minimum Gasteiger partial charge on any atom is -0.495 e. The maximum Gasteiger partial charge on any atom is 0.411 e. The Labute approximate surface area is 101 Å². The van der Waals surface area contributed by atoms with Crippen molar-refractivity contribution in [2.45, 2.75) is 13.8 Å². The molecule has 0 aliphatic heterocycles. The summed E-state index contributed by atoms with van der Waals surface area (Å²) in [6.07, 6.45) is -0.483. The van der Waals surface area contributed by atoms with Crippen LogP contribution in [0.1, 0.15) is 13.8 Å². The van der Waals surface area contributed by atoms with Gasteiger partial charge in [-0.3, -0.25) is 5.32 Å². The van der Waals surface area contributed by atoms with Crippen molar-refractivity contribution in [1.29, 1.82) is 0 Å². The van der Waals surface area contributed by atoms with Crippen LogP contribution in [0.2, 0.25) is 0 Å². The first-order valence-electron chi connectivity index (χ1n) is 5.40. The lowest BCUT2D eigenvalue weighted by Crippen LogP contribution is -2.16. The molecule has 5 nitrogen and oxygen atoms in total. The highest BCUT2D eigenvalue weighted by molar-refractivity contribution is 5.85. The van der Waals surface area contributed by atoms with Crippen molar-refractivity contribution in [3.8, 4) is 5.75 Å². The Bertz CT molecular complexity index is 391. The SMILES string of the molecule is COc1ccc(NC(=O)OCC(C)C)cc1N. The van der Waals surface area contributed by atoms with Crippen LogP contribution in [-0.4, -0.2) is 19.8 Å². The lowest BCUT2D eigenvalue weighted by molar-refractivity contribution is 0.147. The van der Waals surface area contributed by atoms with Gasteiger partial charge in [0.2, 0.25) is 0 Å². The van der Waals surface area contributed by atoms with Gasteiger partial charge in [0.1, 0.15) is 5.75 Å². The van der Waals surface area contributed by atoms with E-state index in [0.29, 0.717) is 29.6 Å². The minimum absolute atomic E-state index is 0.307. The van der Waals surface area contributed by atoms with Crippen LogP contribution in [0.5, 0.6) is 5.75 Å². The molecule has 0 bridgehead atoms. The molecule has 3 N–H and O–H groups in total. The highest BCUT2D eigenvalue weighted by Gasteiger charge is 2.06. The zero-order valence-electron chi connectivity index (χ0n) is 10.3. The molecule has 0 fully saturated rings. The summed E-state index contributed by atoms with van der Waals surface area (Å²) >= 11 is 0. The second-order valence-corrected chi connectivity index (χ2v) is 4.07. The van der Waals surface area contributed by atoms with Crippen molar-refractivity contribution < 1.29 is 14.3 Å². The van der Waals surface area contributed by atoms with Crippen LogP contribution in [0.25, 0.3) is 0 Å². The Balaban J connectivity index is 2.57. The molecule has 1 aromatic carbocycles. The molecule has 1 aromatic rings. The molecule has 0 spiro atoms. The van der Waals surface area contributed by atoms with Gasteiger partial charge in [0.25, 0.3) is 0 Å².